The van der Waals surface area contributed by atoms with E-state index >= 15 is 0 Å². The Morgan fingerprint density at radius 2 is 1.81 bits per heavy atom. The van der Waals surface area contributed by atoms with Gasteiger partial charge in [0.15, 0.2) is 5.41 Å². The third kappa shape index (κ3) is 3.16. The number of hydrogen-bond donors (Lipinski definition) is 1. The summed E-state index contributed by atoms with van der Waals surface area (Å²) in [7, 11) is 1.20. The third-order valence-electron chi connectivity index (χ3n) is 5.20. The summed E-state index contributed by atoms with van der Waals surface area (Å²) in [5.74, 6) is -2.85. The fourth-order valence-electron chi connectivity index (χ4n) is 4.02. The number of methoxy groups -OCH3 is 1. The lowest BCUT2D eigenvalue weighted by Gasteiger charge is -2.35. The lowest BCUT2D eigenvalue weighted by molar-refractivity contribution is -0.485. The maximum atomic E-state index is 13.0. The molecule has 1 amide bonds. The molecule has 1 fully saturated rings. The molecule has 1 N–H and O–H groups in total. The van der Waals surface area contributed by atoms with E-state index in [1.165, 1.54) is 7.11 Å². The Bertz CT molecular complexity index is 840. The molecule has 7 nitrogen and oxygen atoms in total. The molecule has 3 atom stereocenters. The van der Waals surface area contributed by atoms with Crippen molar-refractivity contribution in [2.75, 3.05) is 20.2 Å². The van der Waals surface area contributed by atoms with Gasteiger partial charge >= 0.3 is 5.97 Å². The van der Waals surface area contributed by atoms with Gasteiger partial charge in [0, 0.05) is 17.4 Å². The van der Waals surface area contributed by atoms with Gasteiger partial charge < -0.3 is 10.1 Å². The highest BCUT2D eigenvalue weighted by Gasteiger charge is 2.64. The lowest BCUT2D eigenvalue weighted by atomic mass is 9.63. The zero-order valence-corrected chi connectivity index (χ0v) is 14.8. The quantitative estimate of drug-likeness (QED) is 0.364. The van der Waals surface area contributed by atoms with Crippen LogP contribution in [-0.2, 0) is 14.3 Å². The molecule has 0 saturated carbocycles. The Labute approximate surface area is 156 Å². The van der Waals surface area contributed by atoms with E-state index in [4.69, 9.17) is 4.74 Å². The summed E-state index contributed by atoms with van der Waals surface area (Å²) in [6, 6.07) is 17.7. The van der Waals surface area contributed by atoms with Crippen molar-refractivity contribution in [3.63, 3.8) is 0 Å². The van der Waals surface area contributed by atoms with Crippen molar-refractivity contribution in [2.45, 2.75) is 11.8 Å². The van der Waals surface area contributed by atoms with Crippen molar-refractivity contribution in [2.24, 2.45) is 5.41 Å². The fourth-order valence-corrected chi connectivity index (χ4v) is 4.02. The number of benzene rings is 2. The predicted molar refractivity (Wildman–Crippen MR) is 97.7 cm³/mol. The molecule has 140 valence electrons. The van der Waals surface area contributed by atoms with Crippen LogP contribution in [-0.4, -0.2) is 37.0 Å². The maximum absolute atomic E-state index is 13.0. The Morgan fingerprint density at radius 1 is 1.22 bits per heavy atom. The van der Waals surface area contributed by atoms with Gasteiger partial charge in [0.1, 0.15) is 0 Å². The lowest BCUT2D eigenvalue weighted by Crippen LogP contribution is -2.49. The Kier molecular flexibility index (Phi) is 5.21. The summed E-state index contributed by atoms with van der Waals surface area (Å²) in [6.07, 6.45) is 0. The monoisotopic (exact) mass is 368 g/mol. The van der Waals surface area contributed by atoms with Gasteiger partial charge in [-0.1, -0.05) is 60.7 Å². The van der Waals surface area contributed by atoms with Gasteiger partial charge in [0.25, 0.3) is 0 Å². The summed E-state index contributed by atoms with van der Waals surface area (Å²) in [5.41, 5.74) is -0.409. The highest BCUT2D eigenvalue weighted by atomic mass is 16.6. The van der Waals surface area contributed by atoms with Crippen LogP contribution in [0, 0.1) is 15.5 Å². The highest BCUT2D eigenvalue weighted by molar-refractivity contribution is 6.06. The number of amides is 1. The van der Waals surface area contributed by atoms with Gasteiger partial charge in [0.2, 0.25) is 12.5 Å². The summed E-state index contributed by atoms with van der Waals surface area (Å²) in [4.78, 5) is 37.0. The largest absolute Gasteiger partial charge is 0.468 e. The molecule has 0 bridgehead atoms. The molecule has 2 aromatic carbocycles. The van der Waals surface area contributed by atoms with Crippen LogP contribution in [0.15, 0.2) is 60.7 Å². The molecule has 3 rings (SSSR count). The number of carbonyl (C=O) groups excluding carboxylic acids is 2. The second-order valence-corrected chi connectivity index (χ2v) is 6.51. The van der Waals surface area contributed by atoms with Crippen LogP contribution in [0.3, 0.4) is 0 Å². The summed E-state index contributed by atoms with van der Waals surface area (Å²) in [6.45, 7) is -0.352. The molecule has 1 aliphatic heterocycles. The zero-order valence-electron chi connectivity index (χ0n) is 14.8. The average molecular weight is 368 g/mol. The minimum atomic E-state index is -1.72. The van der Waals surface area contributed by atoms with Crippen molar-refractivity contribution in [3.05, 3.63) is 81.9 Å². The van der Waals surface area contributed by atoms with Crippen LogP contribution in [0.25, 0.3) is 0 Å². The van der Waals surface area contributed by atoms with Crippen molar-refractivity contribution >= 4 is 11.9 Å². The first-order valence-corrected chi connectivity index (χ1v) is 8.60. The van der Waals surface area contributed by atoms with Gasteiger partial charge in [-0.3, -0.25) is 19.7 Å². The number of ether oxygens (including phenoxy) is 1. The molecule has 0 radical (unpaired) electrons. The molecular formula is C20H20N2O5. The van der Waals surface area contributed by atoms with Gasteiger partial charge in [-0.2, -0.15) is 0 Å². The van der Waals surface area contributed by atoms with Crippen molar-refractivity contribution in [1.29, 1.82) is 0 Å². The van der Waals surface area contributed by atoms with Crippen LogP contribution in [0.4, 0.5) is 0 Å². The molecule has 2 aromatic rings. The van der Waals surface area contributed by atoms with Crippen molar-refractivity contribution < 1.29 is 19.2 Å². The molecule has 0 aromatic heterocycles. The number of nitrogens with zero attached hydrogens (tertiary/aromatic N) is 1. The van der Waals surface area contributed by atoms with E-state index < -0.39 is 40.6 Å². The molecule has 0 unspecified atom stereocenters. The Hall–Kier alpha value is -3.22. The topological polar surface area (TPSA) is 98.5 Å². The van der Waals surface area contributed by atoms with Crippen LogP contribution in [0.2, 0.25) is 0 Å². The highest BCUT2D eigenvalue weighted by Crippen LogP contribution is 2.51. The average Bonchev–Trinajstić information content (AvgIpc) is 3.04. The Morgan fingerprint density at radius 3 is 2.37 bits per heavy atom. The van der Waals surface area contributed by atoms with Gasteiger partial charge in [-0.15, -0.1) is 0 Å². The SMILES string of the molecule is COC(=O)[C@]1([C@@H](C[N+](=O)[O-])c2ccccc2)C(=O)NC[C@H]1c1ccccc1. The fraction of sp³-hybridized carbons (Fsp3) is 0.300. The van der Waals surface area contributed by atoms with Crippen molar-refractivity contribution in [3.8, 4) is 0 Å². The molecule has 1 saturated heterocycles. The molecular weight excluding hydrogens is 348 g/mol. The number of hydrogen-bond acceptors (Lipinski definition) is 5. The van der Waals surface area contributed by atoms with E-state index in [1.807, 2.05) is 30.3 Å². The first-order chi connectivity index (χ1) is 13.0. The Balaban J connectivity index is 2.24. The van der Waals surface area contributed by atoms with Crippen molar-refractivity contribution in [1.82, 2.24) is 5.32 Å². The smallest absolute Gasteiger partial charge is 0.322 e. The molecule has 1 heterocycles. The van der Waals surface area contributed by atoms with Crippen LogP contribution < -0.4 is 5.32 Å². The number of nitrogens with one attached hydrogen (secondary N) is 1. The standard InChI is InChI=1S/C20H20N2O5/c1-27-19(24)20(17(13-22(25)26)15-10-6-3-7-11-15)16(12-21-18(20)23)14-8-4-2-5-9-14/h2-11,16-17H,12-13H2,1H3,(H,21,23)/t16-,17-,20+/m0/s1. The second-order valence-electron chi connectivity index (χ2n) is 6.51. The third-order valence-corrected chi connectivity index (χ3v) is 5.20. The number of esters is 1. The van der Waals surface area contributed by atoms with E-state index in [9.17, 15) is 19.7 Å². The summed E-state index contributed by atoms with van der Waals surface area (Å²) >= 11 is 0. The molecule has 1 aliphatic rings. The zero-order chi connectivity index (χ0) is 19.4. The summed E-state index contributed by atoms with van der Waals surface area (Å²) in [5, 5.41) is 14.2. The van der Waals surface area contributed by atoms with Gasteiger partial charge in [-0.05, 0) is 11.1 Å². The molecule has 0 spiro atoms. The van der Waals surface area contributed by atoms with Gasteiger partial charge in [-0.25, -0.2) is 0 Å². The number of carbonyl (C=O) groups is 2. The van der Waals surface area contributed by atoms with E-state index in [0.29, 0.717) is 5.56 Å². The van der Waals surface area contributed by atoms with E-state index in [1.54, 1.807) is 30.3 Å². The normalized spacial score (nSPS) is 22.7. The number of rotatable bonds is 6. The molecule has 27 heavy (non-hydrogen) atoms. The minimum absolute atomic E-state index is 0.207. The molecule has 0 aliphatic carbocycles. The predicted octanol–water partition coefficient (Wildman–Crippen LogP) is 2.12. The number of nitro groups is 1. The maximum Gasteiger partial charge on any atom is 0.322 e. The molecule has 7 heteroatoms. The van der Waals surface area contributed by atoms with Crippen LogP contribution >= 0.6 is 0 Å². The minimum Gasteiger partial charge on any atom is -0.468 e. The summed E-state index contributed by atoms with van der Waals surface area (Å²) < 4.78 is 5.02. The first-order valence-electron chi connectivity index (χ1n) is 8.60. The van der Waals surface area contributed by atoms with E-state index in [-0.39, 0.29) is 6.54 Å². The first kappa shape index (κ1) is 18.6. The van der Waals surface area contributed by atoms with Gasteiger partial charge in [0.05, 0.1) is 13.0 Å². The van der Waals surface area contributed by atoms with E-state index in [2.05, 4.69) is 5.32 Å². The van der Waals surface area contributed by atoms with E-state index in [0.717, 1.165) is 5.56 Å². The second kappa shape index (κ2) is 7.57. The van der Waals surface area contributed by atoms with Crippen LogP contribution in [0.1, 0.15) is 23.0 Å². The van der Waals surface area contributed by atoms with Crippen LogP contribution in [0.5, 0.6) is 0 Å².